The van der Waals surface area contributed by atoms with Gasteiger partial charge in [-0.15, -0.1) is 11.3 Å². The van der Waals surface area contributed by atoms with Crippen LogP contribution in [0.25, 0.3) is 0 Å². The Morgan fingerprint density at radius 1 is 1.41 bits per heavy atom. The third-order valence-corrected chi connectivity index (χ3v) is 4.33. The summed E-state index contributed by atoms with van der Waals surface area (Å²) in [5.74, 6) is 0.567. The molecule has 2 rings (SSSR count). The van der Waals surface area contributed by atoms with E-state index in [4.69, 9.17) is 0 Å². The Kier molecular flexibility index (Phi) is 4.18. The molecule has 1 saturated carbocycles. The lowest BCUT2D eigenvalue weighted by atomic mass is 9.87. The zero-order chi connectivity index (χ0) is 12.3. The molecule has 0 aliphatic heterocycles. The van der Waals surface area contributed by atoms with E-state index in [1.54, 1.807) is 0 Å². The van der Waals surface area contributed by atoms with Crippen LogP contribution in [0, 0.1) is 12.8 Å². The lowest BCUT2D eigenvalue weighted by Crippen LogP contribution is -2.31. The van der Waals surface area contributed by atoms with Crippen LogP contribution in [-0.4, -0.2) is 23.7 Å². The van der Waals surface area contributed by atoms with Gasteiger partial charge in [0.25, 0.3) is 5.91 Å². The first-order valence-electron chi connectivity index (χ1n) is 6.18. The number of aryl methyl sites for hydroxylation is 1. The van der Waals surface area contributed by atoms with Crippen molar-refractivity contribution in [3.63, 3.8) is 0 Å². The summed E-state index contributed by atoms with van der Waals surface area (Å²) in [5.41, 5.74) is 0. The van der Waals surface area contributed by atoms with E-state index in [0.29, 0.717) is 5.92 Å². The molecule has 1 fully saturated rings. The van der Waals surface area contributed by atoms with Crippen LogP contribution in [0.3, 0.4) is 0 Å². The molecule has 0 saturated heterocycles. The number of hydrogen-bond acceptors (Lipinski definition) is 3. The lowest BCUT2D eigenvalue weighted by Gasteiger charge is -2.25. The molecule has 4 heteroatoms. The van der Waals surface area contributed by atoms with Gasteiger partial charge in [-0.2, -0.15) is 0 Å². The van der Waals surface area contributed by atoms with Gasteiger partial charge in [-0.3, -0.25) is 4.79 Å². The molecule has 0 aromatic carbocycles. The first-order chi connectivity index (χ1) is 8.15. The highest BCUT2D eigenvalue weighted by molar-refractivity contribution is 7.13. The monoisotopic (exact) mass is 253 g/mol. The fourth-order valence-corrected chi connectivity index (χ4v) is 3.01. The Bertz CT molecular complexity index is 381. The number of aliphatic hydroxyl groups is 1. The van der Waals surface area contributed by atoms with Gasteiger partial charge in [-0.1, -0.05) is 0 Å². The molecule has 1 aliphatic rings. The summed E-state index contributed by atoms with van der Waals surface area (Å²) in [6.07, 6.45) is 3.66. The van der Waals surface area contributed by atoms with Crippen molar-refractivity contribution in [2.75, 3.05) is 6.54 Å². The second-order valence-electron chi connectivity index (χ2n) is 4.79. The Hall–Kier alpha value is -0.870. The van der Waals surface area contributed by atoms with E-state index in [1.165, 1.54) is 11.3 Å². The number of hydrogen-bond donors (Lipinski definition) is 2. The lowest BCUT2D eigenvalue weighted by molar-refractivity contribution is 0.0914. The minimum absolute atomic E-state index is 0.0363. The molecule has 1 aliphatic carbocycles. The number of rotatable bonds is 3. The predicted octanol–water partition coefficient (Wildman–Crippen LogP) is 2.34. The number of amides is 1. The second-order valence-corrected chi connectivity index (χ2v) is 6.08. The average Bonchev–Trinajstić information content (AvgIpc) is 2.75. The number of carbonyl (C=O) groups is 1. The Morgan fingerprint density at radius 2 is 2.12 bits per heavy atom. The predicted molar refractivity (Wildman–Crippen MR) is 69.4 cm³/mol. The SMILES string of the molecule is Cc1ccc(C(=O)NCC2CCC(O)CC2)s1. The van der Waals surface area contributed by atoms with Crippen molar-refractivity contribution in [3.8, 4) is 0 Å². The number of carbonyl (C=O) groups excluding carboxylic acids is 1. The molecule has 0 bridgehead atoms. The van der Waals surface area contributed by atoms with E-state index in [9.17, 15) is 9.90 Å². The third kappa shape index (κ3) is 3.54. The van der Waals surface area contributed by atoms with Crippen molar-refractivity contribution in [3.05, 3.63) is 21.9 Å². The number of nitrogens with one attached hydrogen (secondary N) is 1. The summed E-state index contributed by atoms with van der Waals surface area (Å²) in [6, 6.07) is 3.84. The van der Waals surface area contributed by atoms with E-state index in [1.807, 2.05) is 19.1 Å². The molecular weight excluding hydrogens is 234 g/mol. The van der Waals surface area contributed by atoms with Crippen LogP contribution in [0.15, 0.2) is 12.1 Å². The highest BCUT2D eigenvalue weighted by atomic mass is 32.1. The Labute approximate surface area is 106 Å². The maximum atomic E-state index is 11.8. The Balaban J connectivity index is 1.76. The third-order valence-electron chi connectivity index (χ3n) is 3.33. The molecule has 1 aromatic rings. The highest BCUT2D eigenvalue weighted by Gasteiger charge is 2.20. The second kappa shape index (κ2) is 5.65. The molecule has 17 heavy (non-hydrogen) atoms. The minimum atomic E-state index is -0.123. The van der Waals surface area contributed by atoms with Gasteiger partial charge < -0.3 is 10.4 Å². The van der Waals surface area contributed by atoms with Crippen LogP contribution in [-0.2, 0) is 0 Å². The van der Waals surface area contributed by atoms with Gasteiger partial charge in [0.15, 0.2) is 0 Å². The van der Waals surface area contributed by atoms with E-state index >= 15 is 0 Å². The summed E-state index contributed by atoms with van der Waals surface area (Å²) in [5, 5.41) is 12.4. The number of thiophene rings is 1. The van der Waals surface area contributed by atoms with Crippen molar-refractivity contribution in [1.82, 2.24) is 5.32 Å². The summed E-state index contributed by atoms with van der Waals surface area (Å²) in [6.45, 7) is 2.74. The van der Waals surface area contributed by atoms with Crippen molar-refractivity contribution in [2.24, 2.45) is 5.92 Å². The maximum Gasteiger partial charge on any atom is 0.261 e. The normalized spacial score (nSPS) is 24.6. The molecule has 1 amide bonds. The molecular formula is C13H19NO2S. The molecule has 0 atom stereocenters. The summed E-state index contributed by atoms with van der Waals surface area (Å²) in [4.78, 5) is 13.8. The molecule has 0 radical (unpaired) electrons. The van der Waals surface area contributed by atoms with Crippen molar-refractivity contribution >= 4 is 17.2 Å². The van der Waals surface area contributed by atoms with Gasteiger partial charge in [0.1, 0.15) is 0 Å². The standard InChI is InChI=1S/C13H19NO2S/c1-9-2-7-12(17-9)13(16)14-8-10-3-5-11(15)6-4-10/h2,7,10-11,15H,3-6,8H2,1H3,(H,14,16). The van der Waals surface area contributed by atoms with Crippen LogP contribution in [0.4, 0.5) is 0 Å². The Morgan fingerprint density at radius 3 is 2.71 bits per heavy atom. The number of aliphatic hydroxyl groups excluding tert-OH is 1. The highest BCUT2D eigenvalue weighted by Crippen LogP contribution is 2.23. The van der Waals surface area contributed by atoms with Crippen LogP contribution in [0.1, 0.15) is 40.2 Å². The molecule has 1 aromatic heterocycles. The van der Waals surface area contributed by atoms with Gasteiger partial charge in [-0.25, -0.2) is 0 Å². The molecule has 0 unspecified atom stereocenters. The molecule has 2 N–H and O–H groups in total. The van der Waals surface area contributed by atoms with E-state index < -0.39 is 0 Å². The van der Waals surface area contributed by atoms with Gasteiger partial charge in [0.2, 0.25) is 0 Å². The fourth-order valence-electron chi connectivity index (χ4n) is 2.23. The molecule has 94 valence electrons. The van der Waals surface area contributed by atoms with Crippen LogP contribution in [0.2, 0.25) is 0 Å². The quantitative estimate of drug-likeness (QED) is 0.868. The largest absolute Gasteiger partial charge is 0.393 e. The maximum absolute atomic E-state index is 11.8. The first-order valence-corrected chi connectivity index (χ1v) is 6.99. The summed E-state index contributed by atoms with van der Waals surface area (Å²) >= 11 is 1.53. The van der Waals surface area contributed by atoms with E-state index in [-0.39, 0.29) is 12.0 Å². The first kappa shape index (κ1) is 12.6. The van der Waals surface area contributed by atoms with Crippen molar-refractivity contribution in [2.45, 2.75) is 38.7 Å². The van der Waals surface area contributed by atoms with Crippen molar-refractivity contribution in [1.29, 1.82) is 0 Å². The topological polar surface area (TPSA) is 49.3 Å². The average molecular weight is 253 g/mol. The summed E-state index contributed by atoms with van der Waals surface area (Å²) < 4.78 is 0. The van der Waals surface area contributed by atoms with Crippen molar-refractivity contribution < 1.29 is 9.90 Å². The van der Waals surface area contributed by atoms with Gasteiger partial charge in [0, 0.05) is 11.4 Å². The fraction of sp³-hybridized carbons (Fsp3) is 0.615. The van der Waals surface area contributed by atoms with Crippen LogP contribution >= 0.6 is 11.3 Å². The van der Waals surface area contributed by atoms with E-state index in [2.05, 4.69) is 5.32 Å². The van der Waals surface area contributed by atoms with E-state index in [0.717, 1.165) is 42.0 Å². The molecule has 3 nitrogen and oxygen atoms in total. The van der Waals surface area contributed by atoms with Crippen LogP contribution < -0.4 is 5.32 Å². The van der Waals surface area contributed by atoms with Gasteiger partial charge in [0.05, 0.1) is 11.0 Å². The smallest absolute Gasteiger partial charge is 0.261 e. The van der Waals surface area contributed by atoms with Gasteiger partial charge >= 0.3 is 0 Å². The minimum Gasteiger partial charge on any atom is -0.393 e. The molecule has 0 spiro atoms. The summed E-state index contributed by atoms with van der Waals surface area (Å²) in [7, 11) is 0. The zero-order valence-electron chi connectivity index (χ0n) is 10.1. The van der Waals surface area contributed by atoms with Gasteiger partial charge in [-0.05, 0) is 50.7 Å². The molecule has 1 heterocycles. The zero-order valence-corrected chi connectivity index (χ0v) is 10.9. The van der Waals surface area contributed by atoms with Crippen LogP contribution in [0.5, 0.6) is 0 Å².